The van der Waals surface area contributed by atoms with E-state index >= 15 is 0 Å². The van der Waals surface area contributed by atoms with Crippen LogP contribution in [0.3, 0.4) is 0 Å². The third-order valence-corrected chi connectivity index (χ3v) is 4.14. The molecule has 140 valence electrons. The van der Waals surface area contributed by atoms with Gasteiger partial charge in [-0.3, -0.25) is 15.0 Å². The summed E-state index contributed by atoms with van der Waals surface area (Å²) in [5, 5.41) is 0.285. The molecule has 5 nitrogen and oxygen atoms in total. The maximum atomic E-state index is 13.1. The Morgan fingerprint density at radius 3 is 2.48 bits per heavy atom. The highest BCUT2D eigenvalue weighted by Crippen LogP contribution is 2.33. The lowest BCUT2D eigenvalue weighted by molar-refractivity contribution is -0.136. The maximum absolute atomic E-state index is 13.1. The molecule has 0 radical (unpaired) electrons. The molecule has 1 N–H and O–H groups in total. The Kier molecular flexibility index (Phi) is 4.93. The molecule has 3 rings (SSSR count). The van der Waals surface area contributed by atoms with Crippen LogP contribution in [0.25, 0.3) is 10.9 Å². The number of nitrogens with one attached hydrogen (secondary N) is 1. The van der Waals surface area contributed by atoms with Gasteiger partial charge >= 0.3 is 6.18 Å². The molecule has 0 aliphatic heterocycles. The molecule has 1 heterocycles. The van der Waals surface area contributed by atoms with Crippen molar-refractivity contribution in [2.45, 2.75) is 19.5 Å². The molecule has 0 unspecified atom stereocenters. The summed E-state index contributed by atoms with van der Waals surface area (Å²) in [5.74, 6) is -0.579. The average molecular weight is 396 g/mol. The van der Waals surface area contributed by atoms with E-state index in [2.05, 4.69) is 10.4 Å². The van der Waals surface area contributed by atoms with E-state index in [-0.39, 0.29) is 17.6 Å². The van der Waals surface area contributed by atoms with Gasteiger partial charge in [0.25, 0.3) is 5.56 Å². The van der Waals surface area contributed by atoms with Crippen molar-refractivity contribution < 1.29 is 18.0 Å². The SMILES string of the molecule is Cc1nc2c(C(F)(F)F)cccc2c(=O)n1NC(=O)Cc1ccc(Cl)cc1. The number of hydrogen-bond donors (Lipinski definition) is 1. The highest BCUT2D eigenvalue weighted by atomic mass is 35.5. The second-order valence-electron chi connectivity index (χ2n) is 5.84. The van der Waals surface area contributed by atoms with Gasteiger partial charge in [-0.05, 0) is 36.8 Å². The van der Waals surface area contributed by atoms with Crippen molar-refractivity contribution >= 4 is 28.4 Å². The Labute approximate surface area is 156 Å². The van der Waals surface area contributed by atoms with Crippen LogP contribution < -0.4 is 11.0 Å². The lowest BCUT2D eigenvalue weighted by Crippen LogP contribution is -2.36. The molecule has 0 saturated carbocycles. The molecule has 0 bridgehead atoms. The zero-order chi connectivity index (χ0) is 19.8. The van der Waals surface area contributed by atoms with Crippen LogP contribution in [0.15, 0.2) is 47.3 Å². The van der Waals surface area contributed by atoms with E-state index in [1.54, 1.807) is 24.3 Å². The summed E-state index contributed by atoms with van der Waals surface area (Å²) in [6.45, 7) is 1.34. The van der Waals surface area contributed by atoms with E-state index in [1.807, 2.05) is 0 Å². The fourth-order valence-corrected chi connectivity index (χ4v) is 2.75. The first-order chi connectivity index (χ1) is 12.7. The van der Waals surface area contributed by atoms with E-state index in [9.17, 15) is 22.8 Å². The van der Waals surface area contributed by atoms with Gasteiger partial charge in [0.2, 0.25) is 5.91 Å². The van der Waals surface area contributed by atoms with Crippen molar-refractivity contribution in [3.05, 3.63) is 74.8 Å². The zero-order valence-corrected chi connectivity index (χ0v) is 14.7. The van der Waals surface area contributed by atoms with E-state index in [1.165, 1.54) is 13.0 Å². The molecule has 0 aliphatic rings. The lowest BCUT2D eigenvalue weighted by atomic mass is 10.1. The van der Waals surface area contributed by atoms with Crippen LogP contribution in [0.4, 0.5) is 13.2 Å². The van der Waals surface area contributed by atoms with E-state index in [0.717, 1.165) is 16.8 Å². The first kappa shape index (κ1) is 18.9. The van der Waals surface area contributed by atoms with Crippen LogP contribution in [0.5, 0.6) is 0 Å². The van der Waals surface area contributed by atoms with Gasteiger partial charge in [0, 0.05) is 5.02 Å². The Hall–Kier alpha value is -2.87. The number of hydrogen-bond acceptors (Lipinski definition) is 3. The van der Waals surface area contributed by atoms with Gasteiger partial charge in [0.05, 0.1) is 22.9 Å². The van der Waals surface area contributed by atoms with Crippen molar-refractivity contribution in [2.24, 2.45) is 0 Å². The summed E-state index contributed by atoms with van der Waals surface area (Å²) in [6, 6.07) is 9.79. The molecule has 0 aliphatic carbocycles. The molecule has 0 saturated heterocycles. The molecular formula is C18H13ClF3N3O2. The summed E-state index contributed by atoms with van der Waals surface area (Å²) < 4.78 is 40.3. The molecule has 0 spiro atoms. The van der Waals surface area contributed by atoms with Crippen LogP contribution >= 0.6 is 11.6 Å². The molecule has 1 amide bonds. The lowest BCUT2D eigenvalue weighted by Gasteiger charge is -2.14. The third-order valence-electron chi connectivity index (χ3n) is 3.89. The van der Waals surface area contributed by atoms with Gasteiger partial charge in [-0.2, -0.15) is 13.2 Å². The van der Waals surface area contributed by atoms with Crippen LogP contribution in [0, 0.1) is 6.92 Å². The molecule has 2 aromatic carbocycles. The summed E-state index contributed by atoms with van der Waals surface area (Å²) >= 11 is 5.79. The fourth-order valence-electron chi connectivity index (χ4n) is 2.63. The van der Waals surface area contributed by atoms with Gasteiger partial charge in [0.15, 0.2) is 0 Å². The molecule has 0 fully saturated rings. The molecule has 1 aromatic heterocycles. The van der Waals surface area contributed by atoms with Crippen molar-refractivity contribution in [1.29, 1.82) is 0 Å². The number of halogens is 4. The van der Waals surface area contributed by atoms with Crippen molar-refractivity contribution in [3.63, 3.8) is 0 Å². The highest BCUT2D eigenvalue weighted by Gasteiger charge is 2.33. The Bertz CT molecular complexity index is 1080. The number of amides is 1. The van der Waals surface area contributed by atoms with Crippen molar-refractivity contribution in [2.75, 3.05) is 5.43 Å². The van der Waals surface area contributed by atoms with Gasteiger partial charge in [-0.1, -0.05) is 29.8 Å². The van der Waals surface area contributed by atoms with Gasteiger partial charge in [-0.25, -0.2) is 9.66 Å². The number of nitrogens with zero attached hydrogens (tertiary/aromatic N) is 2. The van der Waals surface area contributed by atoms with Crippen LogP contribution in [-0.2, 0) is 17.4 Å². The molecular weight excluding hydrogens is 383 g/mol. The first-order valence-corrected chi connectivity index (χ1v) is 8.18. The highest BCUT2D eigenvalue weighted by molar-refractivity contribution is 6.30. The number of aryl methyl sites for hydroxylation is 1. The monoisotopic (exact) mass is 395 g/mol. The summed E-state index contributed by atoms with van der Waals surface area (Å²) in [6.07, 6.45) is -4.68. The number of carbonyl (C=O) groups excluding carboxylic acids is 1. The van der Waals surface area contributed by atoms with Crippen LogP contribution in [0.1, 0.15) is 17.0 Å². The van der Waals surface area contributed by atoms with Gasteiger partial charge in [-0.15, -0.1) is 0 Å². The second kappa shape index (κ2) is 7.03. The topological polar surface area (TPSA) is 64.0 Å². The van der Waals surface area contributed by atoms with Gasteiger partial charge < -0.3 is 0 Å². The van der Waals surface area contributed by atoms with Crippen molar-refractivity contribution in [3.8, 4) is 0 Å². The molecule has 27 heavy (non-hydrogen) atoms. The third kappa shape index (κ3) is 3.95. The smallest absolute Gasteiger partial charge is 0.273 e. The fraction of sp³-hybridized carbons (Fsp3) is 0.167. The maximum Gasteiger partial charge on any atom is 0.418 e. The number of para-hydroxylation sites is 1. The number of aromatic nitrogens is 2. The largest absolute Gasteiger partial charge is 0.418 e. The van der Waals surface area contributed by atoms with Crippen molar-refractivity contribution in [1.82, 2.24) is 9.66 Å². The van der Waals surface area contributed by atoms with E-state index < -0.39 is 28.7 Å². The Morgan fingerprint density at radius 2 is 1.85 bits per heavy atom. The minimum atomic E-state index is -4.64. The number of benzene rings is 2. The van der Waals surface area contributed by atoms with Gasteiger partial charge in [0.1, 0.15) is 5.82 Å². The minimum Gasteiger partial charge on any atom is -0.273 e. The Morgan fingerprint density at radius 1 is 1.19 bits per heavy atom. The summed E-state index contributed by atoms with van der Waals surface area (Å²) in [4.78, 5) is 28.7. The quantitative estimate of drug-likeness (QED) is 0.735. The average Bonchev–Trinajstić information content (AvgIpc) is 2.59. The molecule has 9 heteroatoms. The van der Waals surface area contributed by atoms with Crippen LogP contribution in [-0.4, -0.2) is 15.6 Å². The number of rotatable bonds is 3. The normalized spacial score (nSPS) is 11.6. The predicted molar refractivity (Wildman–Crippen MR) is 95.3 cm³/mol. The van der Waals surface area contributed by atoms with E-state index in [4.69, 9.17) is 11.6 Å². The molecule has 0 atom stereocenters. The number of carbonyl (C=O) groups is 1. The van der Waals surface area contributed by atoms with E-state index in [0.29, 0.717) is 10.6 Å². The zero-order valence-electron chi connectivity index (χ0n) is 14.0. The summed E-state index contributed by atoms with van der Waals surface area (Å²) in [7, 11) is 0. The molecule has 3 aromatic rings. The summed E-state index contributed by atoms with van der Waals surface area (Å²) in [5.41, 5.74) is 0.810. The number of alkyl halides is 3. The first-order valence-electron chi connectivity index (χ1n) is 7.80. The standard InChI is InChI=1S/C18H13ClF3N3O2/c1-10-23-16-13(3-2-4-14(16)18(20,21)22)17(27)25(10)24-15(26)9-11-5-7-12(19)8-6-11/h2-8H,9H2,1H3,(H,24,26). The predicted octanol–water partition coefficient (Wildman–Crippen LogP) is 3.69. The second-order valence-corrected chi connectivity index (χ2v) is 6.27. The Balaban J connectivity index is 1.97. The number of fused-ring (bicyclic) bond motifs is 1. The van der Waals surface area contributed by atoms with Crippen LogP contribution in [0.2, 0.25) is 5.02 Å². The minimum absolute atomic E-state index is 0.0380.